The van der Waals surface area contributed by atoms with Gasteiger partial charge in [-0.2, -0.15) is 18.3 Å². The fourth-order valence-electron chi connectivity index (χ4n) is 3.42. The van der Waals surface area contributed by atoms with Gasteiger partial charge in [-0.25, -0.2) is 0 Å². The second-order valence-corrected chi connectivity index (χ2v) is 6.44. The van der Waals surface area contributed by atoms with Crippen molar-refractivity contribution in [3.05, 3.63) is 53.5 Å². The normalized spacial score (nSPS) is 18.4. The molecule has 1 unspecified atom stereocenters. The predicted octanol–water partition coefficient (Wildman–Crippen LogP) is 4.19. The van der Waals surface area contributed by atoms with E-state index in [0.717, 1.165) is 11.5 Å². The number of amides is 1. The zero-order valence-electron chi connectivity index (χ0n) is 13.7. The maximum absolute atomic E-state index is 12.9. The van der Waals surface area contributed by atoms with Gasteiger partial charge in [-0.05, 0) is 25.0 Å². The van der Waals surface area contributed by atoms with Crippen LogP contribution >= 0.6 is 0 Å². The lowest BCUT2D eigenvalue weighted by Crippen LogP contribution is -2.39. The van der Waals surface area contributed by atoms with Crippen LogP contribution < -0.4 is 0 Å². The number of carbonyl (C=O) groups excluding carboxylic acids is 1. The molecule has 8 heteroatoms. The SMILES string of the molecule is O=C(c1coc2ccccc12)N1CCCC(c2cc(C(F)(F)F)n[nH]2)C1. The van der Waals surface area contributed by atoms with Gasteiger partial charge in [0.2, 0.25) is 0 Å². The number of likely N-dealkylation sites (tertiary alicyclic amines) is 1. The summed E-state index contributed by atoms with van der Waals surface area (Å²) in [6, 6.07) is 8.29. The van der Waals surface area contributed by atoms with E-state index in [2.05, 4.69) is 10.2 Å². The Kier molecular flexibility index (Phi) is 3.97. The molecule has 1 amide bonds. The van der Waals surface area contributed by atoms with Gasteiger partial charge in [-0.3, -0.25) is 9.89 Å². The highest BCUT2D eigenvalue weighted by atomic mass is 19.4. The number of hydrogen-bond acceptors (Lipinski definition) is 3. The van der Waals surface area contributed by atoms with E-state index in [1.54, 1.807) is 11.0 Å². The Morgan fingerprint density at radius 1 is 1.31 bits per heavy atom. The third kappa shape index (κ3) is 2.95. The Bertz CT molecular complexity index is 944. The lowest BCUT2D eigenvalue weighted by molar-refractivity contribution is -0.141. The maximum atomic E-state index is 12.9. The second-order valence-electron chi connectivity index (χ2n) is 6.44. The largest absolute Gasteiger partial charge is 0.463 e. The number of aromatic nitrogens is 2. The number of piperidine rings is 1. The van der Waals surface area contributed by atoms with Crippen molar-refractivity contribution in [2.45, 2.75) is 24.9 Å². The van der Waals surface area contributed by atoms with Gasteiger partial charge in [-0.1, -0.05) is 18.2 Å². The summed E-state index contributed by atoms with van der Waals surface area (Å²) in [6.07, 6.45) is -1.62. The molecule has 0 aliphatic carbocycles. The molecule has 26 heavy (non-hydrogen) atoms. The number of H-pyrrole nitrogens is 1. The molecule has 0 spiro atoms. The molecule has 1 saturated heterocycles. The fourth-order valence-corrected chi connectivity index (χ4v) is 3.42. The van der Waals surface area contributed by atoms with Gasteiger partial charge in [0.05, 0.1) is 5.56 Å². The Morgan fingerprint density at radius 3 is 2.88 bits per heavy atom. The van der Waals surface area contributed by atoms with Gasteiger partial charge in [-0.15, -0.1) is 0 Å². The molecule has 1 aromatic carbocycles. The Morgan fingerprint density at radius 2 is 2.12 bits per heavy atom. The zero-order chi connectivity index (χ0) is 18.3. The number of carbonyl (C=O) groups is 1. The van der Waals surface area contributed by atoms with Crippen molar-refractivity contribution in [3.8, 4) is 0 Å². The molecule has 1 aliphatic rings. The smallest absolute Gasteiger partial charge is 0.435 e. The topological polar surface area (TPSA) is 62.1 Å². The molecule has 0 bridgehead atoms. The highest BCUT2D eigenvalue weighted by molar-refractivity contribution is 6.05. The van der Waals surface area contributed by atoms with Crippen molar-refractivity contribution in [1.29, 1.82) is 0 Å². The first kappa shape index (κ1) is 16.7. The van der Waals surface area contributed by atoms with E-state index in [-0.39, 0.29) is 11.8 Å². The summed E-state index contributed by atoms with van der Waals surface area (Å²) in [5.41, 5.74) is 0.582. The Balaban J connectivity index is 1.55. The third-order valence-corrected chi connectivity index (χ3v) is 4.75. The van der Waals surface area contributed by atoms with Gasteiger partial charge in [0.15, 0.2) is 5.69 Å². The first-order chi connectivity index (χ1) is 12.4. The quantitative estimate of drug-likeness (QED) is 0.742. The maximum Gasteiger partial charge on any atom is 0.435 e. The molecular formula is C18H16F3N3O2. The van der Waals surface area contributed by atoms with Crippen LogP contribution in [0.1, 0.15) is 40.5 Å². The standard InChI is InChI=1S/C18H16F3N3O2/c19-18(20,21)16-8-14(22-23-16)11-4-3-7-24(9-11)17(25)13-10-26-15-6-2-1-5-12(13)15/h1-2,5-6,8,10-11H,3-4,7,9H2,(H,22,23). The molecule has 4 rings (SSSR count). The number of rotatable bonds is 2. The summed E-state index contributed by atoms with van der Waals surface area (Å²) in [7, 11) is 0. The Hall–Kier alpha value is -2.77. The number of alkyl halides is 3. The van der Waals surface area contributed by atoms with Crippen LogP contribution in [0.25, 0.3) is 11.0 Å². The molecule has 2 aromatic heterocycles. The van der Waals surface area contributed by atoms with Crippen LogP contribution in [0.5, 0.6) is 0 Å². The molecule has 0 radical (unpaired) electrons. The minimum atomic E-state index is -4.48. The van der Waals surface area contributed by atoms with E-state index < -0.39 is 11.9 Å². The second kappa shape index (κ2) is 6.19. The first-order valence-electron chi connectivity index (χ1n) is 8.31. The lowest BCUT2D eigenvalue weighted by atomic mass is 9.94. The highest BCUT2D eigenvalue weighted by Crippen LogP contribution is 2.33. The van der Waals surface area contributed by atoms with Crippen LogP contribution in [0.2, 0.25) is 0 Å². The predicted molar refractivity (Wildman–Crippen MR) is 87.7 cm³/mol. The summed E-state index contributed by atoms with van der Waals surface area (Å²) < 4.78 is 43.7. The van der Waals surface area contributed by atoms with Gasteiger partial charge in [0.25, 0.3) is 5.91 Å². The van der Waals surface area contributed by atoms with Crippen molar-refractivity contribution in [2.75, 3.05) is 13.1 Å². The number of nitrogens with zero attached hydrogens (tertiary/aromatic N) is 2. The van der Waals surface area contributed by atoms with Gasteiger partial charge >= 0.3 is 6.18 Å². The van der Waals surface area contributed by atoms with Crippen molar-refractivity contribution in [2.24, 2.45) is 0 Å². The number of para-hydroxylation sites is 1. The molecule has 3 heterocycles. The minimum Gasteiger partial charge on any atom is -0.463 e. The van der Waals surface area contributed by atoms with Crippen LogP contribution in [0.15, 0.2) is 41.0 Å². The monoisotopic (exact) mass is 363 g/mol. The minimum absolute atomic E-state index is 0.171. The number of fused-ring (bicyclic) bond motifs is 1. The van der Waals surface area contributed by atoms with Crippen LogP contribution in [-0.4, -0.2) is 34.1 Å². The average molecular weight is 363 g/mol. The van der Waals surface area contributed by atoms with E-state index >= 15 is 0 Å². The van der Waals surface area contributed by atoms with Crippen LogP contribution in [0.4, 0.5) is 13.2 Å². The molecule has 5 nitrogen and oxygen atoms in total. The number of nitrogens with one attached hydrogen (secondary N) is 1. The van der Waals surface area contributed by atoms with Crippen molar-refractivity contribution >= 4 is 16.9 Å². The lowest BCUT2D eigenvalue weighted by Gasteiger charge is -2.32. The average Bonchev–Trinajstić information content (AvgIpc) is 3.28. The van der Waals surface area contributed by atoms with E-state index in [9.17, 15) is 18.0 Å². The summed E-state index contributed by atoms with van der Waals surface area (Å²) in [6.45, 7) is 0.910. The van der Waals surface area contributed by atoms with Crippen molar-refractivity contribution in [1.82, 2.24) is 15.1 Å². The van der Waals surface area contributed by atoms with Crippen LogP contribution in [0.3, 0.4) is 0 Å². The zero-order valence-corrected chi connectivity index (χ0v) is 13.7. The van der Waals surface area contributed by atoms with E-state index in [0.29, 0.717) is 42.8 Å². The molecular weight excluding hydrogens is 347 g/mol. The molecule has 136 valence electrons. The van der Waals surface area contributed by atoms with Crippen molar-refractivity contribution < 1.29 is 22.4 Å². The highest BCUT2D eigenvalue weighted by Gasteiger charge is 2.35. The number of hydrogen-bond donors (Lipinski definition) is 1. The summed E-state index contributed by atoms with van der Waals surface area (Å²) in [5, 5.41) is 6.57. The summed E-state index contributed by atoms with van der Waals surface area (Å²) in [4.78, 5) is 14.5. The van der Waals surface area contributed by atoms with E-state index in [4.69, 9.17) is 4.42 Å². The number of halogens is 3. The fraction of sp³-hybridized carbons (Fsp3) is 0.333. The third-order valence-electron chi connectivity index (χ3n) is 4.75. The number of furan rings is 1. The Labute approximate surface area is 146 Å². The van der Waals surface area contributed by atoms with E-state index in [1.165, 1.54) is 6.26 Å². The number of benzene rings is 1. The molecule has 1 fully saturated rings. The molecule has 3 aromatic rings. The van der Waals surface area contributed by atoms with Crippen LogP contribution in [-0.2, 0) is 6.18 Å². The van der Waals surface area contributed by atoms with Crippen LogP contribution in [0, 0.1) is 0 Å². The first-order valence-corrected chi connectivity index (χ1v) is 8.31. The number of aromatic amines is 1. The molecule has 1 atom stereocenters. The van der Waals surface area contributed by atoms with Gasteiger partial charge in [0, 0.05) is 30.1 Å². The van der Waals surface area contributed by atoms with Crippen molar-refractivity contribution in [3.63, 3.8) is 0 Å². The molecule has 0 saturated carbocycles. The molecule has 1 aliphatic heterocycles. The summed E-state index contributed by atoms with van der Waals surface area (Å²) in [5.74, 6) is -0.371. The van der Waals surface area contributed by atoms with Gasteiger partial charge in [0.1, 0.15) is 11.8 Å². The van der Waals surface area contributed by atoms with Gasteiger partial charge < -0.3 is 9.32 Å². The van der Waals surface area contributed by atoms with E-state index in [1.807, 2.05) is 18.2 Å². The molecule has 1 N–H and O–H groups in total. The summed E-state index contributed by atoms with van der Waals surface area (Å²) >= 11 is 0.